The molecule has 1 heterocycles. The molecular weight excluding hydrogens is 345 g/mol. The fraction of sp³-hybridized carbons (Fsp3) is 0.333. The van der Waals surface area contributed by atoms with Gasteiger partial charge in [-0.15, -0.1) is 0 Å². The molecule has 1 aliphatic rings. The van der Waals surface area contributed by atoms with Gasteiger partial charge in [-0.1, -0.05) is 17.7 Å². The van der Waals surface area contributed by atoms with E-state index in [0.717, 1.165) is 11.3 Å². The summed E-state index contributed by atoms with van der Waals surface area (Å²) >= 11 is 0. The first-order valence-electron chi connectivity index (χ1n) is 9.16. The van der Waals surface area contributed by atoms with E-state index in [2.05, 4.69) is 10.2 Å². The highest BCUT2D eigenvalue weighted by Gasteiger charge is 2.21. The van der Waals surface area contributed by atoms with Crippen LogP contribution in [0.3, 0.4) is 0 Å². The standard InChI is InChI=1S/C21H24FN3O2/c1-16-3-2-4-17(15-16)21(27)23-10-9-20(26)25-13-11-24(12-14-25)19-7-5-18(22)6-8-19/h2-8,15H,9-14H2,1H3,(H,23,27). The molecule has 1 fully saturated rings. The molecule has 2 aromatic carbocycles. The Bertz CT molecular complexity index is 799. The number of hydrogen-bond donors (Lipinski definition) is 1. The third-order valence-electron chi connectivity index (χ3n) is 4.73. The predicted octanol–water partition coefficient (Wildman–Crippen LogP) is 2.60. The molecule has 0 unspecified atom stereocenters. The highest BCUT2D eigenvalue weighted by molar-refractivity contribution is 5.94. The van der Waals surface area contributed by atoms with Gasteiger partial charge >= 0.3 is 0 Å². The van der Waals surface area contributed by atoms with Crippen molar-refractivity contribution >= 4 is 17.5 Å². The van der Waals surface area contributed by atoms with E-state index >= 15 is 0 Å². The van der Waals surface area contributed by atoms with Gasteiger partial charge in [-0.25, -0.2) is 4.39 Å². The van der Waals surface area contributed by atoms with E-state index < -0.39 is 0 Å². The highest BCUT2D eigenvalue weighted by atomic mass is 19.1. The smallest absolute Gasteiger partial charge is 0.251 e. The SMILES string of the molecule is Cc1cccc(C(=O)NCCC(=O)N2CCN(c3ccc(F)cc3)CC2)c1. The monoisotopic (exact) mass is 369 g/mol. The molecule has 6 heteroatoms. The lowest BCUT2D eigenvalue weighted by atomic mass is 10.1. The molecule has 142 valence electrons. The van der Waals surface area contributed by atoms with Crippen molar-refractivity contribution in [2.75, 3.05) is 37.6 Å². The molecule has 1 aliphatic heterocycles. The maximum Gasteiger partial charge on any atom is 0.251 e. The van der Waals surface area contributed by atoms with Gasteiger partial charge in [0.2, 0.25) is 5.91 Å². The van der Waals surface area contributed by atoms with E-state index in [4.69, 9.17) is 0 Å². The molecule has 2 aromatic rings. The van der Waals surface area contributed by atoms with Gasteiger partial charge in [-0.3, -0.25) is 9.59 Å². The van der Waals surface area contributed by atoms with Crippen molar-refractivity contribution < 1.29 is 14.0 Å². The Hall–Kier alpha value is -2.89. The van der Waals surface area contributed by atoms with Gasteiger partial charge in [0.15, 0.2) is 0 Å². The van der Waals surface area contributed by atoms with Gasteiger partial charge in [-0.05, 0) is 43.3 Å². The van der Waals surface area contributed by atoms with E-state index in [0.29, 0.717) is 38.3 Å². The average Bonchev–Trinajstić information content (AvgIpc) is 2.68. The summed E-state index contributed by atoms with van der Waals surface area (Å²) in [5.74, 6) is -0.369. The van der Waals surface area contributed by atoms with Crippen LogP contribution >= 0.6 is 0 Å². The first-order chi connectivity index (χ1) is 13.0. The van der Waals surface area contributed by atoms with Crippen LogP contribution in [0.1, 0.15) is 22.3 Å². The molecule has 0 atom stereocenters. The predicted molar refractivity (Wildman–Crippen MR) is 103 cm³/mol. The van der Waals surface area contributed by atoms with Crippen molar-refractivity contribution in [2.24, 2.45) is 0 Å². The summed E-state index contributed by atoms with van der Waals surface area (Å²) in [7, 11) is 0. The van der Waals surface area contributed by atoms with Crippen LogP contribution in [-0.2, 0) is 4.79 Å². The third-order valence-corrected chi connectivity index (χ3v) is 4.73. The second-order valence-corrected chi connectivity index (χ2v) is 6.72. The Balaban J connectivity index is 1.42. The molecule has 0 aliphatic carbocycles. The van der Waals surface area contributed by atoms with Gasteiger partial charge in [0.05, 0.1) is 0 Å². The maximum atomic E-state index is 13.0. The summed E-state index contributed by atoms with van der Waals surface area (Å²) in [6.45, 7) is 4.94. The lowest BCUT2D eigenvalue weighted by Gasteiger charge is -2.36. The fourth-order valence-electron chi connectivity index (χ4n) is 3.20. The Labute approximate surface area is 158 Å². The van der Waals surface area contributed by atoms with Gasteiger partial charge in [0, 0.05) is 50.4 Å². The minimum absolute atomic E-state index is 0.0401. The lowest BCUT2D eigenvalue weighted by molar-refractivity contribution is -0.131. The van der Waals surface area contributed by atoms with E-state index in [9.17, 15) is 14.0 Å². The van der Waals surface area contributed by atoms with Crippen molar-refractivity contribution in [2.45, 2.75) is 13.3 Å². The second kappa shape index (κ2) is 8.66. The van der Waals surface area contributed by atoms with Crippen molar-refractivity contribution in [1.29, 1.82) is 0 Å². The summed E-state index contributed by atoms with van der Waals surface area (Å²) in [5, 5.41) is 2.80. The maximum absolute atomic E-state index is 13.0. The topological polar surface area (TPSA) is 52.7 Å². The summed E-state index contributed by atoms with van der Waals surface area (Å²) < 4.78 is 13.0. The van der Waals surface area contributed by atoms with Crippen LogP contribution in [0.25, 0.3) is 0 Å². The number of hydrogen-bond acceptors (Lipinski definition) is 3. The Morgan fingerprint density at radius 3 is 2.41 bits per heavy atom. The van der Waals surface area contributed by atoms with Crippen LogP contribution in [0.15, 0.2) is 48.5 Å². The summed E-state index contributed by atoms with van der Waals surface area (Å²) in [6, 6.07) is 13.8. The zero-order chi connectivity index (χ0) is 19.2. The number of piperazine rings is 1. The zero-order valence-corrected chi connectivity index (χ0v) is 15.5. The number of rotatable bonds is 5. The summed E-state index contributed by atoms with van der Waals surface area (Å²) in [6.07, 6.45) is 0.286. The van der Waals surface area contributed by atoms with Crippen LogP contribution in [0.5, 0.6) is 0 Å². The number of carbonyl (C=O) groups excluding carboxylic acids is 2. The molecule has 3 rings (SSSR count). The molecule has 5 nitrogen and oxygen atoms in total. The molecule has 1 N–H and O–H groups in total. The molecule has 0 aromatic heterocycles. The third kappa shape index (κ3) is 5.06. The van der Waals surface area contributed by atoms with Crippen molar-refractivity contribution in [3.05, 3.63) is 65.5 Å². The van der Waals surface area contributed by atoms with E-state index in [1.807, 2.05) is 30.0 Å². The Kier molecular flexibility index (Phi) is 6.06. The van der Waals surface area contributed by atoms with E-state index in [1.165, 1.54) is 12.1 Å². The normalized spacial score (nSPS) is 14.1. The number of amides is 2. The van der Waals surface area contributed by atoms with Crippen LogP contribution in [-0.4, -0.2) is 49.4 Å². The fourth-order valence-corrected chi connectivity index (χ4v) is 3.20. The first-order valence-corrected chi connectivity index (χ1v) is 9.16. The number of nitrogens with zero attached hydrogens (tertiary/aromatic N) is 2. The number of halogens is 1. The number of anilines is 1. The van der Waals surface area contributed by atoms with Crippen molar-refractivity contribution in [3.8, 4) is 0 Å². The van der Waals surface area contributed by atoms with Crippen LogP contribution in [0.4, 0.5) is 10.1 Å². The van der Waals surface area contributed by atoms with Gasteiger partial charge in [0.25, 0.3) is 5.91 Å². The van der Waals surface area contributed by atoms with Crippen LogP contribution in [0, 0.1) is 12.7 Å². The summed E-state index contributed by atoms with van der Waals surface area (Å²) in [4.78, 5) is 28.4. The molecule has 0 radical (unpaired) electrons. The number of carbonyl (C=O) groups is 2. The molecule has 1 saturated heterocycles. The van der Waals surface area contributed by atoms with Gasteiger partial charge < -0.3 is 15.1 Å². The van der Waals surface area contributed by atoms with E-state index in [1.54, 1.807) is 18.2 Å². The second-order valence-electron chi connectivity index (χ2n) is 6.72. The first kappa shape index (κ1) is 18.9. The number of benzene rings is 2. The molecule has 0 saturated carbocycles. The zero-order valence-electron chi connectivity index (χ0n) is 15.5. The van der Waals surface area contributed by atoms with Gasteiger partial charge in [-0.2, -0.15) is 0 Å². The lowest BCUT2D eigenvalue weighted by Crippen LogP contribution is -2.49. The quantitative estimate of drug-likeness (QED) is 0.881. The Morgan fingerprint density at radius 1 is 1.04 bits per heavy atom. The van der Waals surface area contributed by atoms with Gasteiger partial charge in [0.1, 0.15) is 5.82 Å². The molecule has 27 heavy (non-hydrogen) atoms. The minimum atomic E-state index is -0.250. The molecule has 0 spiro atoms. The Morgan fingerprint density at radius 2 is 1.74 bits per heavy atom. The van der Waals surface area contributed by atoms with Crippen LogP contribution in [0.2, 0.25) is 0 Å². The molecule has 2 amide bonds. The van der Waals surface area contributed by atoms with Crippen molar-refractivity contribution in [1.82, 2.24) is 10.2 Å². The minimum Gasteiger partial charge on any atom is -0.368 e. The molecular formula is C21H24FN3O2. The highest BCUT2D eigenvalue weighted by Crippen LogP contribution is 2.17. The summed E-state index contributed by atoms with van der Waals surface area (Å²) in [5.41, 5.74) is 2.60. The largest absolute Gasteiger partial charge is 0.368 e. The number of nitrogens with one attached hydrogen (secondary N) is 1. The van der Waals surface area contributed by atoms with Crippen molar-refractivity contribution in [3.63, 3.8) is 0 Å². The van der Waals surface area contributed by atoms with Crippen LogP contribution < -0.4 is 10.2 Å². The molecule has 0 bridgehead atoms. The van der Waals surface area contributed by atoms with E-state index in [-0.39, 0.29) is 24.1 Å². The number of aryl methyl sites for hydroxylation is 1. The average molecular weight is 369 g/mol.